The molecule has 0 aromatic heterocycles. The van der Waals surface area contributed by atoms with Crippen LogP contribution in [0.3, 0.4) is 0 Å². The molecule has 44 heavy (non-hydrogen) atoms. The highest BCUT2D eigenvalue weighted by Crippen LogP contribution is 2.31. The van der Waals surface area contributed by atoms with Crippen LogP contribution in [0.2, 0.25) is 0 Å². The third kappa shape index (κ3) is 12.8. The Morgan fingerprint density at radius 2 is 1.89 bits per heavy atom. The summed E-state index contributed by atoms with van der Waals surface area (Å²) in [6.45, 7) is 3.59. The van der Waals surface area contributed by atoms with Gasteiger partial charge in [-0.05, 0) is 29.8 Å². The van der Waals surface area contributed by atoms with Crippen LogP contribution in [0.4, 0.5) is 5.69 Å². The number of aliphatic hydroxyl groups excluding tert-OH is 1. The lowest BCUT2D eigenvalue weighted by molar-refractivity contribution is -0.195. The van der Waals surface area contributed by atoms with Gasteiger partial charge in [0.05, 0.1) is 17.7 Å². The number of allylic oxidation sites excluding steroid dienone is 1. The molecule has 3 amide bonds. The standard InChI is InChI=1S/C30H39N3O11/c1-19(2)30(41)42-15-5-6-20-8-9-23(43-28-18-21(35)17-24(44-28)29(39)40)22(16-20)32-26(37)10-12-31-25(36)11-13-33(3)27(38)7-4-14-34/h4-9,14,16,19,21,24,28,35H,10-13,15,17-18H2,1-3H3,(H,31,36)(H,32,37)(H,39,40)/b6-5+,7-4-. The number of amides is 3. The molecule has 4 N–H and O–H groups in total. The summed E-state index contributed by atoms with van der Waals surface area (Å²) < 4.78 is 16.4. The smallest absolute Gasteiger partial charge is 0.333 e. The summed E-state index contributed by atoms with van der Waals surface area (Å²) in [6, 6.07) is 4.79. The number of hydrogen-bond acceptors (Lipinski definition) is 10. The third-order valence-electron chi connectivity index (χ3n) is 6.22. The Morgan fingerprint density at radius 1 is 1.14 bits per heavy atom. The predicted octanol–water partition coefficient (Wildman–Crippen LogP) is 1.28. The zero-order chi connectivity index (χ0) is 32.6. The highest BCUT2D eigenvalue weighted by Gasteiger charge is 2.34. The van der Waals surface area contributed by atoms with E-state index in [4.69, 9.17) is 14.2 Å². The fourth-order valence-electron chi connectivity index (χ4n) is 3.81. The molecule has 0 radical (unpaired) electrons. The molecule has 1 aliphatic rings. The number of esters is 1. The van der Waals surface area contributed by atoms with Gasteiger partial charge in [-0.15, -0.1) is 0 Å². The summed E-state index contributed by atoms with van der Waals surface area (Å²) in [5.41, 5.74) is 0.845. The molecule has 1 aromatic carbocycles. The van der Waals surface area contributed by atoms with Crippen molar-refractivity contribution in [2.75, 3.05) is 32.1 Å². The minimum Gasteiger partial charge on any atom is -0.479 e. The number of anilines is 1. The van der Waals surface area contributed by atoms with E-state index in [1.807, 2.05) is 0 Å². The first-order valence-corrected chi connectivity index (χ1v) is 14.0. The molecule has 0 spiro atoms. The van der Waals surface area contributed by atoms with E-state index in [9.17, 15) is 39.0 Å². The van der Waals surface area contributed by atoms with Crippen LogP contribution in [-0.2, 0) is 38.2 Å². The Hall–Kier alpha value is -4.56. The predicted molar refractivity (Wildman–Crippen MR) is 157 cm³/mol. The third-order valence-corrected chi connectivity index (χ3v) is 6.22. The van der Waals surface area contributed by atoms with Crippen LogP contribution in [0.5, 0.6) is 5.75 Å². The largest absolute Gasteiger partial charge is 0.479 e. The van der Waals surface area contributed by atoms with Gasteiger partial charge in [0.2, 0.25) is 24.0 Å². The number of nitrogens with one attached hydrogen (secondary N) is 2. The van der Waals surface area contributed by atoms with Crippen LogP contribution in [-0.4, -0.2) is 96.3 Å². The summed E-state index contributed by atoms with van der Waals surface area (Å²) in [7, 11) is 1.49. The summed E-state index contributed by atoms with van der Waals surface area (Å²) >= 11 is 0. The second kappa shape index (κ2) is 18.2. The first kappa shape index (κ1) is 35.6. The average molecular weight is 618 g/mol. The highest BCUT2D eigenvalue weighted by atomic mass is 16.7. The maximum Gasteiger partial charge on any atom is 0.333 e. The Morgan fingerprint density at radius 3 is 2.57 bits per heavy atom. The first-order chi connectivity index (χ1) is 20.9. The normalized spacial score (nSPS) is 18.2. The molecule has 3 unspecified atom stereocenters. The molecule has 1 heterocycles. The maximum absolute atomic E-state index is 12.8. The van der Waals surface area contributed by atoms with Crippen molar-refractivity contribution in [2.24, 2.45) is 5.92 Å². The van der Waals surface area contributed by atoms with Gasteiger partial charge in [-0.25, -0.2) is 4.79 Å². The van der Waals surface area contributed by atoms with E-state index in [0.717, 1.165) is 12.2 Å². The highest BCUT2D eigenvalue weighted by molar-refractivity contribution is 5.93. The van der Waals surface area contributed by atoms with Crippen molar-refractivity contribution in [1.29, 1.82) is 0 Å². The monoisotopic (exact) mass is 617 g/mol. The van der Waals surface area contributed by atoms with Crippen molar-refractivity contribution in [2.45, 2.75) is 58.0 Å². The van der Waals surface area contributed by atoms with Gasteiger partial charge in [0.25, 0.3) is 0 Å². The zero-order valence-electron chi connectivity index (χ0n) is 24.9. The lowest BCUT2D eigenvalue weighted by Crippen LogP contribution is -2.42. The summed E-state index contributed by atoms with van der Waals surface area (Å²) in [5.74, 6) is -2.98. The number of likely N-dealkylation sites (N-methyl/N-ethyl adjacent to an activating group) is 1. The Kier molecular flexibility index (Phi) is 14.7. The van der Waals surface area contributed by atoms with E-state index < -0.39 is 36.3 Å². The van der Waals surface area contributed by atoms with E-state index in [0.29, 0.717) is 11.8 Å². The number of carbonyl (C=O) groups excluding carboxylic acids is 5. The van der Waals surface area contributed by atoms with Crippen LogP contribution in [0, 0.1) is 5.92 Å². The number of carboxylic acid groups (broad SMARTS) is 1. The molecule has 2 rings (SSSR count). The quantitative estimate of drug-likeness (QED) is 0.118. The summed E-state index contributed by atoms with van der Waals surface area (Å²) in [6.07, 6.45) is 2.42. The molecule has 1 fully saturated rings. The SMILES string of the molecule is CC(C)C(=O)OC/C=C/c1ccc(OC2CC(O)CC(C(=O)O)O2)c(NC(=O)CCNC(=O)CCN(C)C(=O)/C=C\C=O)c1. The van der Waals surface area contributed by atoms with Gasteiger partial charge in [-0.3, -0.25) is 24.0 Å². The molecule has 0 bridgehead atoms. The lowest BCUT2D eigenvalue weighted by atomic mass is 10.1. The van der Waals surface area contributed by atoms with Crippen LogP contribution in [0.25, 0.3) is 6.08 Å². The number of nitrogens with zero attached hydrogens (tertiary/aromatic N) is 1. The van der Waals surface area contributed by atoms with E-state index in [1.165, 1.54) is 11.9 Å². The van der Waals surface area contributed by atoms with Gasteiger partial charge in [0.1, 0.15) is 18.6 Å². The molecule has 1 aliphatic heterocycles. The summed E-state index contributed by atoms with van der Waals surface area (Å²) in [5, 5.41) is 24.7. The molecular weight excluding hydrogens is 578 g/mol. The summed E-state index contributed by atoms with van der Waals surface area (Å²) in [4.78, 5) is 71.4. The van der Waals surface area contributed by atoms with Crippen molar-refractivity contribution >= 4 is 47.7 Å². The Labute approximate surface area is 255 Å². The fourth-order valence-corrected chi connectivity index (χ4v) is 3.81. The van der Waals surface area contributed by atoms with Gasteiger partial charge in [-0.1, -0.05) is 26.0 Å². The number of aldehydes is 1. The number of ether oxygens (including phenoxy) is 3. The Balaban J connectivity index is 2.04. The molecular formula is C30H39N3O11. The number of carbonyl (C=O) groups is 6. The average Bonchev–Trinajstić information content (AvgIpc) is 2.97. The molecule has 14 heteroatoms. The fraction of sp³-hybridized carbons (Fsp3) is 0.467. The second-order valence-electron chi connectivity index (χ2n) is 10.2. The van der Waals surface area contributed by atoms with Gasteiger partial charge in [0.15, 0.2) is 6.10 Å². The van der Waals surface area contributed by atoms with Gasteiger partial charge in [0, 0.05) is 51.9 Å². The van der Waals surface area contributed by atoms with E-state index in [1.54, 1.807) is 44.2 Å². The molecule has 3 atom stereocenters. The van der Waals surface area contributed by atoms with Crippen molar-refractivity contribution < 1.29 is 53.2 Å². The number of carboxylic acids is 1. The minimum atomic E-state index is -1.26. The van der Waals surface area contributed by atoms with E-state index >= 15 is 0 Å². The topological polar surface area (TPSA) is 198 Å². The number of aliphatic carboxylic acids is 1. The zero-order valence-corrected chi connectivity index (χ0v) is 24.9. The van der Waals surface area contributed by atoms with Gasteiger partial charge >= 0.3 is 11.9 Å². The van der Waals surface area contributed by atoms with Gasteiger partial charge in [-0.2, -0.15) is 0 Å². The van der Waals surface area contributed by atoms with Crippen molar-refractivity contribution in [3.63, 3.8) is 0 Å². The van der Waals surface area contributed by atoms with Crippen LogP contribution in [0.1, 0.15) is 45.1 Å². The van der Waals surface area contributed by atoms with Crippen molar-refractivity contribution in [3.8, 4) is 5.75 Å². The Bertz CT molecular complexity index is 1240. The first-order valence-electron chi connectivity index (χ1n) is 14.0. The van der Waals surface area contributed by atoms with E-state index in [2.05, 4.69) is 10.6 Å². The van der Waals surface area contributed by atoms with Crippen molar-refractivity contribution in [1.82, 2.24) is 10.2 Å². The van der Waals surface area contributed by atoms with Crippen LogP contribution in [0.15, 0.2) is 36.4 Å². The van der Waals surface area contributed by atoms with E-state index in [-0.39, 0.29) is 74.6 Å². The molecule has 0 saturated carbocycles. The van der Waals surface area contributed by atoms with Crippen LogP contribution < -0.4 is 15.4 Å². The maximum atomic E-state index is 12.8. The number of rotatable bonds is 16. The van der Waals surface area contributed by atoms with Crippen molar-refractivity contribution in [3.05, 3.63) is 42.0 Å². The molecule has 1 aromatic rings. The van der Waals surface area contributed by atoms with Crippen LogP contribution >= 0.6 is 0 Å². The number of aliphatic hydroxyl groups is 1. The molecule has 14 nitrogen and oxygen atoms in total. The molecule has 0 aliphatic carbocycles. The number of hydrogen-bond donors (Lipinski definition) is 4. The number of benzene rings is 1. The molecule has 1 saturated heterocycles. The lowest BCUT2D eigenvalue weighted by Gasteiger charge is -2.31. The minimum absolute atomic E-state index is 0.00257. The van der Waals surface area contributed by atoms with Gasteiger partial charge < -0.3 is 40.0 Å². The molecule has 240 valence electrons. The second-order valence-corrected chi connectivity index (χ2v) is 10.2.